The predicted octanol–water partition coefficient (Wildman–Crippen LogP) is 2.85. The molecule has 70 valence electrons. The van der Waals surface area contributed by atoms with Gasteiger partial charge in [-0.2, -0.15) is 4.98 Å². The molecule has 2 aromatic rings. The van der Waals surface area contributed by atoms with Gasteiger partial charge in [-0.05, 0) is 6.07 Å². The number of thiol groups is 1. The van der Waals surface area contributed by atoms with Crippen molar-refractivity contribution in [1.29, 1.82) is 0 Å². The summed E-state index contributed by atoms with van der Waals surface area (Å²) in [5.74, 6) is 0.631. The number of aromatic nitrogens is 2. The van der Waals surface area contributed by atoms with Crippen molar-refractivity contribution < 1.29 is 4.42 Å². The predicted molar refractivity (Wildman–Crippen MR) is 55.1 cm³/mol. The van der Waals surface area contributed by atoms with Crippen molar-refractivity contribution in [2.75, 3.05) is 0 Å². The van der Waals surface area contributed by atoms with Crippen LogP contribution >= 0.6 is 12.6 Å². The van der Waals surface area contributed by atoms with Crippen LogP contribution in [0.4, 0.5) is 0 Å². The van der Waals surface area contributed by atoms with Gasteiger partial charge in [-0.1, -0.05) is 13.8 Å². The zero-order valence-corrected chi connectivity index (χ0v) is 8.80. The van der Waals surface area contributed by atoms with Crippen molar-refractivity contribution in [2.24, 2.45) is 0 Å². The highest BCUT2D eigenvalue weighted by Gasteiger charge is 2.01. The summed E-state index contributed by atoms with van der Waals surface area (Å²) in [6, 6.07) is 1.80. The number of nitrogens with zero attached hydrogens (tertiary/aromatic N) is 2. The van der Waals surface area contributed by atoms with Crippen LogP contribution in [0.5, 0.6) is 0 Å². The third kappa shape index (κ3) is 2.21. The molecule has 0 unspecified atom stereocenters. The molecule has 0 spiro atoms. The van der Waals surface area contributed by atoms with E-state index in [4.69, 9.17) is 4.42 Å². The number of hydrogen-bond donors (Lipinski definition) is 1. The molecule has 0 aliphatic rings. The van der Waals surface area contributed by atoms with Gasteiger partial charge in [0.1, 0.15) is 0 Å². The molecule has 2 heterocycles. The Labute approximate surface area is 82.6 Å². The monoisotopic (exact) mass is 196 g/mol. The van der Waals surface area contributed by atoms with Crippen LogP contribution in [0.3, 0.4) is 0 Å². The molecule has 0 aromatic carbocycles. The largest absolute Gasteiger partial charge is 0.439 e. The quantitative estimate of drug-likeness (QED) is 0.658. The van der Waals surface area contributed by atoms with Gasteiger partial charge in [-0.3, -0.25) is 0 Å². The Kier molecular flexibility index (Phi) is 3.31. The second kappa shape index (κ2) is 4.28. The zero-order chi connectivity index (χ0) is 9.84. The molecule has 0 aliphatic heterocycles. The van der Waals surface area contributed by atoms with Crippen LogP contribution in [0.2, 0.25) is 0 Å². The van der Waals surface area contributed by atoms with Gasteiger partial charge in [0.2, 0.25) is 0 Å². The van der Waals surface area contributed by atoms with Gasteiger partial charge >= 0.3 is 0 Å². The molecule has 0 saturated carbocycles. The molecule has 0 N–H and O–H groups in total. The Morgan fingerprint density at radius 1 is 1.38 bits per heavy atom. The average Bonchev–Trinajstić information content (AvgIpc) is 2.48. The lowest BCUT2D eigenvalue weighted by molar-refractivity contribution is 0.560. The normalized spacial score (nSPS) is 9.54. The van der Waals surface area contributed by atoms with E-state index in [9.17, 15) is 0 Å². The van der Waals surface area contributed by atoms with Crippen LogP contribution in [0.25, 0.3) is 11.2 Å². The van der Waals surface area contributed by atoms with E-state index in [0.717, 1.165) is 4.90 Å². The molecule has 0 bridgehead atoms. The second-order valence-electron chi connectivity index (χ2n) is 2.25. The molecule has 3 nitrogen and oxygen atoms in total. The number of oxazole rings is 1. The fraction of sp³-hybridized carbons (Fsp3) is 0.333. The molecule has 0 amide bonds. The minimum Gasteiger partial charge on any atom is -0.439 e. The first-order valence-corrected chi connectivity index (χ1v) is 4.62. The first kappa shape index (κ1) is 10.1. The van der Waals surface area contributed by atoms with Crippen molar-refractivity contribution in [3.8, 4) is 0 Å². The van der Waals surface area contributed by atoms with E-state index >= 15 is 0 Å². The molecular weight excluding hydrogens is 184 g/mol. The van der Waals surface area contributed by atoms with E-state index in [1.807, 2.05) is 13.8 Å². The van der Waals surface area contributed by atoms with E-state index in [1.165, 1.54) is 0 Å². The fourth-order valence-electron chi connectivity index (χ4n) is 0.917. The smallest absolute Gasteiger partial charge is 0.198 e. The second-order valence-corrected chi connectivity index (χ2v) is 2.76. The van der Waals surface area contributed by atoms with Crippen LogP contribution in [0.15, 0.2) is 21.6 Å². The van der Waals surface area contributed by atoms with Gasteiger partial charge < -0.3 is 4.42 Å². The van der Waals surface area contributed by atoms with E-state index in [-0.39, 0.29) is 0 Å². The lowest BCUT2D eigenvalue weighted by atomic mass is 10.5. The van der Waals surface area contributed by atoms with E-state index in [1.54, 1.807) is 19.2 Å². The maximum atomic E-state index is 5.23. The van der Waals surface area contributed by atoms with Crippen LogP contribution in [-0.4, -0.2) is 9.97 Å². The Balaban J connectivity index is 0.000000396. The molecule has 2 aromatic heterocycles. The number of rotatable bonds is 0. The maximum absolute atomic E-state index is 5.23. The number of aryl methyl sites for hydroxylation is 1. The molecule has 2 rings (SSSR count). The van der Waals surface area contributed by atoms with E-state index < -0.39 is 0 Å². The molecule has 0 atom stereocenters. The summed E-state index contributed by atoms with van der Waals surface area (Å²) in [5.41, 5.74) is 1.33. The van der Waals surface area contributed by atoms with Gasteiger partial charge in [0.15, 0.2) is 17.1 Å². The lowest BCUT2D eigenvalue weighted by Crippen LogP contribution is -1.75. The van der Waals surface area contributed by atoms with E-state index in [2.05, 4.69) is 22.6 Å². The highest BCUT2D eigenvalue weighted by atomic mass is 32.1. The summed E-state index contributed by atoms with van der Waals surface area (Å²) in [7, 11) is 0. The lowest BCUT2D eigenvalue weighted by Gasteiger charge is -1.86. The summed E-state index contributed by atoms with van der Waals surface area (Å²) >= 11 is 4.12. The van der Waals surface area contributed by atoms with Crippen molar-refractivity contribution in [2.45, 2.75) is 25.7 Å². The SMILES string of the molecule is CC.Cc1nc2ncc(S)cc2o1. The number of hydrogen-bond acceptors (Lipinski definition) is 4. The number of fused-ring (bicyclic) bond motifs is 1. The van der Waals surface area contributed by atoms with Gasteiger partial charge in [0.25, 0.3) is 0 Å². The van der Waals surface area contributed by atoms with E-state index in [0.29, 0.717) is 17.1 Å². The van der Waals surface area contributed by atoms with Crippen molar-refractivity contribution >= 4 is 23.9 Å². The summed E-state index contributed by atoms with van der Waals surface area (Å²) in [4.78, 5) is 8.85. The fourth-order valence-corrected chi connectivity index (χ4v) is 1.09. The Morgan fingerprint density at radius 2 is 2.08 bits per heavy atom. The molecule has 0 saturated heterocycles. The molecule has 4 heteroatoms. The van der Waals surface area contributed by atoms with Crippen LogP contribution in [-0.2, 0) is 0 Å². The van der Waals surface area contributed by atoms with Crippen LogP contribution < -0.4 is 0 Å². The summed E-state index contributed by atoms with van der Waals surface area (Å²) < 4.78 is 5.23. The Hall–Kier alpha value is -1.03. The zero-order valence-electron chi connectivity index (χ0n) is 7.90. The first-order chi connectivity index (χ1) is 6.25. The highest BCUT2D eigenvalue weighted by Crippen LogP contribution is 2.15. The van der Waals surface area contributed by atoms with Crippen molar-refractivity contribution in [3.63, 3.8) is 0 Å². The summed E-state index contributed by atoms with van der Waals surface area (Å²) in [5, 5.41) is 0. The third-order valence-corrected chi connectivity index (χ3v) is 1.58. The molecular formula is C9H12N2OS. The van der Waals surface area contributed by atoms with Crippen LogP contribution in [0.1, 0.15) is 19.7 Å². The number of pyridine rings is 1. The highest BCUT2D eigenvalue weighted by molar-refractivity contribution is 7.80. The van der Waals surface area contributed by atoms with Crippen molar-refractivity contribution in [3.05, 3.63) is 18.2 Å². The van der Waals surface area contributed by atoms with Crippen molar-refractivity contribution in [1.82, 2.24) is 9.97 Å². The molecule has 0 radical (unpaired) electrons. The van der Waals surface area contributed by atoms with Gasteiger partial charge in [0, 0.05) is 18.0 Å². The average molecular weight is 196 g/mol. The Bertz CT molecular complexity index is 397. The maximum Gasteiger partial charge on any atom is 0.198 e. The molecule has 0 fully saturated rings. The van der Waals surface area contributed by atoms with Gasteiger partial charge in [0.05, 0.1) is 0 Å². The third-order valence-electron chi connectivity index (χ3n) is 1.34. The minimum absolute atomic E-state index is 0.631. The van der Waals surface area contributed by atoms with Gasteiger partial charge in [-0.25, -0.2) is 4.98 Å². The topological polar surface area (TPSA) is 38.9 Å². The first-order valence-electron chi connectivity index (χ1n) is 4.18. The standard InChI is InChI=1S/C7H6N2OS.C2H6/c1-4-9-7-6(10-4)2-5(11)3-8-7;1-2/h2-3,11H,1H3;1-2H3. The van der Waals surface area contributed by atoms with Gasteiger partial charge in [-0.15, -0.1) is 12.6 Å². The summed E-state index contributed by atoms with van der Waals surface area (Å²) in [6.45, 7) is 5.79. The van der Waals surface area contributed by atoms with Crippen LogP contribution in [0, 0.1) is 6.92 Å². The summed E-state index contributed by atoms with van der Waals surface area (Å²) in [6.07, 6.45) is 1.65. The molecule has 13 heavy (non-hydrogen) atoms. The Morgan fingerprint density at radius 3 is 2.77 bits per heavy atom. The minimum atomic E-state index is 0.631. The molecule has 0 aliphatic carbocycles.